The van der Waals surface area contributed by atoms with Crippen LogP contribution >= 0.6 is 12.4 Å². The lowest BCUT2D eigenvalue weighted by atomic mass is 9.79. The Kier molecular flexibility index (Phi) is 5.22. The fraction of sp³-hybridized carbons (Fsp3) is 0.917. The lowest BCUT2D eigenvalue weighted by Gasteiger charge is -2.37. The molecule has 2 N–H and O–H groups in total. The van der Waals surface area contributed by atoms with E-state index in [4.69, 9.17) is 10.5 Å². The fourth-order valence-corrected chi connectivity index (χ4v) is 2.44. The largest absolute Gasteiger partial charge is 0.381 e. The summed E-state index contributed by atoms with van der Waals surface area (Å²) in [6.45, 7) is 2.69. The van der Waals surface area contributed by atoms with Crippen molar-refractivity contribution in [1.29, 1.82) is 0 Å². The highest BCUT2D eigenvalue weighted by Crippen LogP contribution is 2.34. The van der Waals surface area contributed by atoms with Gasteiger partial charge in [0.1, 0.15) is 0 Å². The average molecular weight is 263 g/mol. The second-order valence-electron chi connectivity index (χ2n) is 5.23. The van der Waals surface area contributed by atoms with Crippen molar-refractivity contribution in [3.05, 3.63) is 0 Å². The number of halogens is 1. The van der Waals surface area contributed by atoms with Crippen molar-refractivity contribution in [3.63, 3.8) is 0 Å². The van der Waals surface area contributed by atoms with Gasteiger partial charge in [-0.2, -0.15) is 0 Å². The highest BCUT2D eigenvalue weighted by Gasteiger charge is 2.41. The maximum Gasteiger partial charge on any atom is 0.229 e. The number of ether oxygens (including phenoxy) is 1. The Morgan fingerprint density at radius 3 is 2.47 bits per heavy atom. The number of hydrogen-bond donors (Lipinski definition) is 1. The highest BCUT2D eigenvalue weighted by molar-refractivity contribution is 5.85. The molecule has 17 heavy (non-hydrogen) atoms. The Labute approximate surface area is 109 Å². The monoisotopic (exact) mass is 262 g/mol. The number of nitrogens with zero attached hydrogens (tertiary/aromatic N) is 1. The van der Waals surface area contributed by atoms with Crippen LogP contribution in [0.3, 0.4) is 0 Å². The van der Waals surface area contributed by atoms with E-state index in [1.54, 1.807) is 0 Å². The van der Waals surface area contributed by atoms with Crippen molar-refractivity contribution < 1.29 is 9.53 Å². The molecule has 4 nitrogen and oxygen atoms in total. The van der Waals surface area contributed by atoms with Crippen LogP contribution in [0.25, 0.3) is 0 Å². The van der Waals surface area contributed by atoms with Crippen molar-refractivity contribution in [2.45, 2.75) is 25.7 Å². The van der Waals surface area contributed by atoms with E-state index in [1.165, 1.54) is 12.8 Å². The van der Waals surface area contributed by atoms with Gasteiger partial charge in [0.15, 0.2) is 0 Å². The molecule has 0 aromatic heterocycles. The molecule has 100 valence electrons. The number of nitrogens with two attached hydrogens (primary N) is 1. The van der Waals surface area contributed by atoms with Crippen molar-refractivity contribution in [2.24, 2.45) is 17.1 Å². The molecule has 2 aliphatic rings. The van der Waals surface area contributed by atoms with Gasteiger partial charge in [-0.15, -0.1) is 12.4 Å². The molecule has 0 atom stereocenters. The van der Waals surface area contributed by atoms with Crippen LogP contribution in [0.15, 0.2) is 0 Å². The minimum Gasteiger partial charge on any atom is -0.381 e. The van der Waals surface area contributed by atoms with Crippen molar-refractivity contribution >= 4 is 18.3 Å². The van der Waals surface area contributed by atoms with E-state index in [0.717, 1.165) is 25.3 Å². The second kappa shape index (κ2) is 6.03. The molecule has 1 aliphatic heterocycles. The van der Waals surface area contributed by atoms with Gasteiger partial charge in [0.05, 0.1) is 5.41 Å². The third kappa shape index (κ3) is 3.33. The molecule has 0 spiro atoms. The van der Waals surface area contributed by atoms with E-state index >= 15 is 0 Å². The van der Waals surface area contributed by atoms with E-state index in [1.807, 2.05) is 11.9 Å². The zero-order valence-electron chi connectivity index (χ0n) is 10.5. The minimum absolute atomic E-state index is 0. The molecular formula is C12H23ClN2O2. The predicted octanol–water partition coefficient (Wildman–Crippen LogP) is 1.03. The molecule has 1 aliphatic carbocycles. The summed E-state index contributed by atoms with van der Waals surface area (Å²) >= 11 is 0. The smallest absolute Gasteiger partial charge is 0.229 e. The molecule has 0 aromatic carbocycles. The van der Waals surface area contributed by atoms with Gasteiger partial charge in [0.2, 0.25) is 5.91 Å². The molecule has 1 heterocycles. The van der Waals surface area contributed by atoms with Gasteiger partial charge in [-0.05, 0) is 31.6 Å². The van der Waals surface area contributed by atoms with Crippen LogP contribution < -0.4 is 5.73 Å². The summed E-state index contributed by atoms with van der Waals surface area (Å²) in [5, 5.41) is 0. The van der Waals surface area contributed by atoms with Gasteiger partial charge in [0, 0.05) is 33.4 Å². The van der Waals surface area contributed by atoms with Gasteiger partial charge in [0.25, 0.3) is 0 Å². The average Bonchev–Trinajstić information content (AvgIpc) is 3.12. The Balaban J connectivity index is 0.00000144. The molecule has 2 fully saturated rings. The Morgan fingerprint density at radius 1 is 1.41 bits per heavy atom. The number of rotatable bonds is 4. The minimum atomic E-state index is -0.345. The number of hydrogen-bond acceptors (Lipinski definition) is 3. The van der Waals surface area contributed by atoms with E-state index in [2.05, 4.69) is 0 Å². The number of amides is 1. The first-order valence-corrected chi connectivity index (χ1v) is 6.21. The van der Waals surface area contributed by atoms with E-state index in [9.17, 15) is 4.79 Å². The molecule has 1 saturated heterocycles. The van der Waals surface area contributed by atoms with Crippen LogP contribution in [0.1, 0.15) is 25.7 Å². The molecule has 2 rings (SSSR count). The molecule has 0 unspecified atom stereocenters. The van der Waals surface area contributed by atoms with Gasteiger partial charge in [-0.3, -0.25) is 4.79 Å². The Bertz CT molecular complexity index is 263. The third-order valence-corrected chi connectivity index (χ3v) is 3.87. The molecule has 1 amide bonds. The summed E-state index contributed by atoms with van der Waals surface area (Å²) < 4.78 is 5.32. The number of carbonyl (C=O) groups is 1. The summed E-state index contributed by atoms with van der Waals surface area (Å²) in [6.07, 6.45) is 4.10. The topological polar surface area (TPSA) is 55.6 Å². The molecule has 0 bridgehead atoms. The Hall–Kier alpha value is -0.320. The maximum absolute atomic E-state index is 12.4. The van der Waals surface area contributed by atoms with Crippen LogP contribution in [0.5, 0.6) is 0 Å². The molecular weight excluding hydrogens is 240 g/mol. The normalized spacial score (nSPS) is 22.7. The zero-order valence-corrected chi connectivity index (χ0v) is 11.3. The van der Waals surface area contributed by atoms with Crippen molar-refractivity contribution in [1.82, 2.24) is 4.90 Å². The van der Waals surface area contributed by atoms with Crippen LogP contribution in [0.4, 0.5) is 0 Å². The zero-order chi connectivity index (χ0) is 11.6. The van der Waals surface area contributed by atoms with Crippen LogP contribution in [0.2, 0.25) is 0 Å². The lowest BCUT2D eigenvalue weighted by molar-refractivity contribution is -0.146. The molecule has 0 aromatic rings. The summed E-state index contributed by atoms with van der Waals surface area (Å²) in [5.74, 6) is 0.966. The predicted molar refractivity (Wildman–Crippen MR) is 69.1 cm³/mol. The van der Waals surface area contributed by atoms with Crippen molar-refractivity contribution in [2.75, 3.05) is 33.4 Å². The highest BCUT2D eigenvalue weighted by atomic mass is 35.5. The third-order valence-electron chi connectivity index (χ3n) is 3.87. The fourth-order valence-electron chi connectivity index (χ4n) is 2.44. The molecule has 5 heteroatoms. The maximum atomic E-state index is 12.4. The summed E-state index contributed by atoms with van der Waals surface area (Å²) in [5.41, 5.74) is 5.47. The molecule has 0 radical (unpaired) electrons. The van der Waals surface area contributed by atoms with Crippen LogP contribution in [0, 0.1) is 11.3 Å². The summed E-state index contributed by atoms with van der Waals surface area (Å²) in [7, 11) is 1.91. The van der Waals surface area contributed by atoms with Crippen LogP contribution in [-0.4, -0.2) is 44.2 Å². The van der Waals surface area contributed by atoms with Crippen molar-refractivity contribution in [3.8, 4) is 0 Å². The van der Waals surface area contributed by atoms with Gasteiger partial charge in [-0.25, -0.2) is 0 Å². The summed E-state index contributed by atoms with van der Waals surface area (Å²) in [4.78, 5) is 14.3. The standard InChI is InChI=1S/C12H22N2O2.ClH/c1-14(8-10-2-3-10)11(15)12(9-13)4-6-16-7-5-12;/h10H,2-9,13H2,1H3;1H. The van der Waals surface area contributed by atoms with Gasteiger partial charge in [-0.1, -0.05) is 0 Å². The Morgan fingerprint density at radius 2 is 2.00 bits per heavy atom. The summed E-state index contributed by atoms with van der Waals surface area (Å²) in [6, 6.07) is 0. The first-order chi connectivity index (χ1) is 7.68. The van der Waals surface area contributed by atoms with Crippen LogP contribution in [-0.2, 0) is 9.53 Å². The van der Waals surface area contributed by atoms with E-state index < -0.39 is 0 Å². The van der Waals surface area contributed by atoms with E-state index in [0.29, 0.717) is 19.8 Å². The first kappa shape index (κ1) is 14.7. The first-order valence-electron chi connectivity index (χ1n) is 6.21. The molecule has 1 saturated carbocycles. The van der Waals surface area contributed by atoms with E-state index in [-0.39, 0.29) is 23.7 Å². The number of carbonyl (C=O) groups excluding carboxylic acids is 1. The van der Waals surface area contributed by atoms with Gasteiger partial charge >= 0.3 is 0 Å². The SMILES string of the molecule is CN(CC1CC1)C(=O)C1(CN)CCOCC1.Cl. The quantitative estimate of drug-likeness (QED) is 0.824. The second-order valence-corrected chi connectivity index (χ2v) is 5.23. The lowest BCUT2D eigenvalue weighted by Crippen LogP contribution is -2.50. The van der Waals surface area contributed by atoms with Gasteiger partial charge < -0.3 is 15.4 Å².